The van der Waals surface area contributed by atoms with Crippen LogP contribution in [0.4, 0.5) is 32.0 Å². The molecular weight excluding hydrogens is 592 g/mol. The van der Waals surface area contributed by atoms with Gasteiger partial charge < -0.3 is 10.1 Å². The van der Waals surface area contributed by atoms with Crippen LogP contribution in [0.1, 0.15) is 11.1 Å². The Hall–Kier alpha value is -4.36. The van der Waals surface area contributed by atoms with Crippen LogP contribution >= 0.6 is 23.8 Å². The predicted octanol–water partition coefficient (Wildman–Crippen LogP) is 8.07. The molecule has 0 spiro atoms. The Kier molecular flexibility index (Phi) is 7.49. The van der Waals surface area contributed by atoms with Gasteiger partial charge in [-0.2, -0.15) is 18.3 Å². The molecule has 0 aliphatic heterocycles. The van der Waals surface area contributed by atoms with E-state index in [0.717, 1.165) is 34.5 Å². The minimum Gasteiger partial charge on any atom is -0.406 e. The second-order valence-electron chi connectivity index (χ2n) is 8.59. The lowest BCUT2D eigenvalue weighted by molar-refractivity contribution is -0.274. The Bertz CT molecular complexity index is 1780. The molecular formula is C27H16ClF6N5OS. The van der Waals surface area contributed by atoms with E-state index in [1.165, 1.54) is 30.5 Å². The molecule has 2 N–H and O–H groups in total. The third kappa shape index (κ3) is 6.52. The Morgan fingerprint density at radius 3 is 2.41 bits per heavy atom. The van der Waals surface area contributed by atoms with E-state index in [1.54, 1.807) is 17.0 Å². The third-order valence-corrected chi connectivity index (χ3v) is 6.35. The van der Waals surface area contributed by atoms with Crippen molar-refractivity contribution in [3.63, 3.8) is 0 Å². The number of hydrogen-bond acceptors (Lipinski definition) is 4. The number of rotatable bonds is 5. The van der Waals surface area contributed by atoms with E-state index in [1.807, 2.05) is 24.3 Å². The molecule has 0 bridgehead atoms. The van der Waals surface area contributed by atoms with Crippen LogP contribution in [0.3, 0.4) is 0 Å². The lowest BCUT2D eigenvalue weighted by Gasteiger charge is -2.12. The Morgan fingerprint density at radius 1 is 0.951 bits per heavy atom. The zero-order chi connectivity index (χ0) is 29.4. The summed E-state index contributed by atoms with van der Waals surface area (Å²) in [5, 5.41) is 8.30. The average molecular weight is 608 g/mol. The summed E-state index contributed by atoms with van der Waals surface area (Å²) in [6.07, 6.45) is -6.25. The first-order valence-corrected chi connectivity index (χ1v) is 12.4. The fourth-order valence-corrected chi connectivity index (χ4v) is 4.36. The van der Waals surface area contributed by atoms with Gasteiger partial charge >= 0.3 is 12.5 Å². The summed E-state index contributed by atoms with van der Waals surface area (Å²) in [5.41, 5.74) is 4.38. The molecule has 1 heterocycles. The second kappa shape index (κ2) is 10.9. The molecule has 210 valence electrons. The number of anilines is 1. The predicted molar refractivity (Wildman–Crippen MR) is 149 cm³/mol. The van der Waals surface area contributed by atoms with Crippen molar-refractivity contribution < 1.29 is 31.1 Å². The summed E-state index contributed by atoms with van der Waals surface area (Å²) in [4.78, 5) is 4.49. The van der Waals surface area contributed by atoms with Gasteiger partial charge in [-0.05, 0) is 77.8 Å². The van der Waals surface area contributed by atoms with Crippen molar-refractivity contribution in [2.24, 2.45) is 5.10 Å². The van der Waals surface area contributed by atoms with Crippen LogP contribution < -0.4 is 15.5 Å². The van der Waals surface area contributed by atoms with Crippen molar-refractivity contribution in [3.05, 3.63) is 95.3 Å². The highest BCUT2D eigenvalue weighted by Gasteiger charge is 2.31. The van der Waals surface area contributed by atoms with Crippen molar-refractivity contribution >= 4 is 62.6 Å². The highest BCUT2D eigenvalue weighted by Crippen LogP contribution is 2.34. The van der Waals surface area contributed by atoms with Gasteiger partial charge in [0.15, 0.2) is 5.11 Å². The van der Waals surface area contributed by atoms with Crippen molar-refractivity contribution in [1.29, 1.82) is 0 Å². The van der Waals surface area contributed by atoms with E-state index < -0.39 is 18.1 Å². The van der Waals surface area contributed by atoms with Gasteiger partial charge in [0.25, 0.3) is 0 Å². The SMILES string of the molecule is FC(F)(F)Oc1ccc(-n2cnc3c4ccc(C=NNC(=S)Nc5cc(C(F)(F)F)ccc5Cl)cc4ccc32)cc1. The van der Waals surface area contributed by atoms with Gasteiger partial charge in [-0.1, -0.05) is 29.8 Å². The molecule has 1 aromatic heterocycles. The highest BCUT2D eigenvalue weighted by molar-refractivity contribution is 7.80. The number of alkyl halides is 6. The van der Waals surface area contributed by atoms with Gasteiger partial charge in [0.05, 0.1) is 33.5 Å². The van der Waals surface area contributed by atoms with Crippen LogP contribution in [0.2, 0.25) is 5.02 Å². The van der Waals surface area contributed by atoms with Crippen LogP contribution in [0.15, 0.2) is 84.2 Å². The molecule has 4 aromatic carbocycles. The molecule has 0 unspecified atom stereocenters. The molecule has 0 saturated carbocycles. The van der Waals surface area contributed by atoms with E-state index >= 15 is 0 Å². The van der Waals surface area contributed by atoms with E-state index in [0.29, 0.717) is 16.8 Å². The van der Waals surface area contributed by atoms with E-state index in [-0.39, 0.29) is 21.6 Å². The maximum atomic E-state index is 13.0. The molecule has 41 heavy (non-hydrogen) atoms. The van der Waals surface area contributed by atoms with Crippen molar-refractivity contribution in [1.82, 2.24) is 15.0 Å². The van der Waals surface area contributed by atoms with Crippen molar-refractivity contribution in [3.8, 4) is 11.4 Å². The minimum absolute atomic E-state index is 0.0195. The first-order chi connectivity index (χ1) is 19.4. The Labute approximate surface area is 238 Å². The molecule has 5 aromatic rings. The number of halogens is 7. The number of aromatic nitrogens is 2. The molecule has 0 fully saturated rings. The second-order valence-corrected chi connectivity index (χ2v) is 9.40. The van der Waals surface area contributed by atoms with Crippen LogP contribution in [-0.4, -0.2) is 27.2 Å². The van der Waals surface area contributed by atoms with Crippen LogP contribution in [0.25, 0.3) is 27.5 Å². The summed E-state index contributed by atoms with van der Waals surface area (Å²) in [5.74, 6) is -0.323. The molecule has 5 rings (SSSR count). The number of imidazole rings is 1. The zero-order valence-corrected chi connectivity index (χ0v) is 22.0. The lowest BCUT2D eigenvalue weighted by atomic mass is 10.1. The number of nitrogens with zero attached hydrogens (tertiary/aromatic N) is 3. The monoisotopic (exact) mass is 607 g/mol. The summed E-state index contributed by atoms with van der Waals surface area (Å²) in [7, 11) is 0. The summed E-state index contributed by atoms with van der Waals surface area (Å²) < 4.78 is 82.0. The van der Waals surface area contributed by atoms with Gasteiger partial charge in [-0.25, -0.2) is 4.98 Å². The van der Waals surface area contributed by atoms with Gasteiger partial charge in [0, 0.05) is 11.1 Å². The lowest BCUT2D eigenvalue weighted by Crippen LogP contribution is -2.24. The number of hydrazone groups is 1. The quantitative estimate of drug-likeness (QED) is 0.0916. The van der Waals surface area contributed by atoms with Gasteiger partial charge in [-0.15, -0.1) is 13.2 Å². The first-order valence-electron chi connectivity index (χ1n) is 11.6. The first kappa shape index (κ1) is 28.2. The normalized spacial score (nSPS) is 12.3. The van der Waals surface area contributed by atoms with Crippen LogP contribution in [0.5, 0.6) is 5.75 Å². The Morgan fingerprint density at radius 2 is 1.71 bits per heavy atom. The maximum Gasteiger partial charge on any atom is 0.573 e. The van der Waals surface area contributed by atoms with Gasteiger partial charge in [0.2, 0.25) is 0 Å². The molecule has 0 radical (unpaired) electrons. The molecule has 0 saturated heterocycles. The molecule has 0 amide bonds. The third-order valence-electron chi connectivity index (χ3n) is 5.83. The van der Waals surface area contributed by atoms with Crippen molar-refractivity contribution in [2.45, 2.75) is 12.5 Å². The van der Waals surface area contributed by atoms with Gasteiger partial charge in [-0.3, -0.25) is 9.99 Å². The largest absolute Gasteiger partial charge is 0.573 e. The smallest absolute Gasteiger partial charge is 0.406 e. The minimum atomic E-state index is -4.77. The van der Waals surface area contributed by atoms with Gasteiger partial charge in [0.1, 0.15) is 12.1 Å². The zero-order valence-electron chi connectivity index (χ0n) is 20.4. The summed E-state index contributed by atoms with van der Waals surface area (Å²) >= 11 is 11.1. The summed E-state index contributed by atoms with van der Waals surface area (Å²) in [6, 6.07) is 17.5. The van der Waals surface area contributed by atoms with Crippen LogP contribution in [0, 0.1) is 0 Å². The number of fused-ring (bicyclic) bond motifs is 3. The van der Waals surface area contributed by atoms with E-state index in [2.05, 4.69) is 25.6 Å². The van der Waals surface area contributed by atoms with E-state index in [4.69, 9.17) is 23.8 Å². The molecule has 0 aliphatic rings. The number of benzene rings is 4. The Balaban J connectivity index is 1.30. The number of ether oxygens (including phenoxy) is 1. The maximum absolute atomic E-state index is 13.0. The van der Waals surface area contributed by atoms with Crippen LogP contribution in [-0.2, 0) is 6.18 Å². The fourth-order valence-electron chi connectivity index (χ4n) is 4.04. The average Bonchev–Trinajstić information content (AvgIpc) is 3.33. The van der Waals surface area contributed by atoms with Crippen molar-refractivity contribution in [2.75, 3.05) is 5.32 Å². The number of nitrogens with one attached hydrogen (secondary N) is 2. The summed E-state index contributed by atoms with van der Waals surface area (Å²) in [6.45, 7) is 0. The number of hydrogen-bond donors (Lipinski definition) is 2. The topological polar surface area (TPSA) is 63.5 Å². The standard InChI is InChI=1S/C27H16ClF6N5OS/c28-21-9-3-17(26(29,30)31)12-22(21)37-25(41)38-36-13-15-1-8-20-16(11-15)2-10-23-24(20)35-14-39(23)18-4-6-19(7-5-18)40-27(32,33)34/h1-14H,(H2,37,38,41). The fraction of sp³-hybridized carbons (Fsp3) is 0.0741. The van der Waals surface area contributed by atoms with E-state index in [9.17, 15) is 26.3 Å². The molecule has 6 nitrogen and oxygen atoms in total. The highest BCUT2D eigenvalue weighted by atomic mass is 35.5. The molecule has 14 heteroatoms. The number of thiocarbonyl (C=S) groups is 1. The molecule has 0 atom stereocenters. The molecule has 0 aliphatic carbocycles.